The fraction of sp³-hybridized carbons (Fsp3) is 0.500. The number of ether oxygens (including phenoxy) is 1. The number of methoxy groups -OCH3 is 1. The molecule has 9 nitrogen and oxygen atoms in total. The average Bonchev–Trinajstić information content (AvgIpc) is 3.78. The number of aryl methyl sites for hydroxylation is 2. The van der Waals surface area contributed by atoms with Gasteiger partial charge in [-0.25, -0.2) is 9.37 Å². The Hall–Kier alpha value is -4.21. The van der Waals surface area contributed by atoms with Crippen LogP contribution in [0.1, 0.15) is 109 Å². The van der Waals surface area contributed by atoms with Crippen molar-refractivity contribution in [2.45, 2.75) is 91.0 Å². The van der Waals surface area contributed by atoms with Crippen molar-refractivity contribution in [1.29, 1.82) is 0 Å². The van der Waals surface area contributed by atoms with Crippen molar-refractivity contribution in [1.82, 2.24) is 15.3 Å². The van der Waals surface area contributed by atoms with Gasteiger partial charge in [-0.2, -0.15) is 0 Å². The SMILES string of the molecule is CCCN(CCC)c1cc(F)c(C(=O)NC2CCC[C@@H](C(=O)OC)C2)cc1NC(=O)c1cnc(C2CC2)[nH]1.Cc1ccccc1C. The standard InChI is InChI=1S/C28H38FN5O4.C8H10/c1-4-11-34(12-5-2)24-15-21(29)20(26(35)31-19-8-6-7-18(13-19)28(37)38-3)14-22(24)33-27(36)23-16-30-25(32-23)17-9-10-17;1-7-5-3-4-6-8(7)2/h14-19H,4-13H2,1-3H3,(H,30,32)(H,31,35)(H,33,36);3-6H,1-2H3/t18-,19?;/m1./s1. The zero-order chi connectivity index (χ0) is 33.2. The number of anilines is 2. The summed E-state index contributed by atoms with van der Waals surface area (Å²) >= 11 is 0. The molecule has 2 fully saturated rings. The minimum atomic E-state index is -0.661. The number of carbonyl (C=O) groups excluding carboxylic acids is 3. The number of H-pyrrole nitrogens is 1. The molecule has 2 aliphatic carbocycles. The third-order valence-corrected chi connectivity index (χ3v) is 8.68. The maximum absolute atomic E-state index is 15.4. The lowest BCUT2D eigenvalue weighted by Crippen LogP contribution is -2.40. The molecule has 0 bridgehead atoms. The highest BCUT2D eigenvalue weighted by molar-refractivity contribution is 6.06. The minimum absolute atomic E-state index is 0.152. The molecule has 46 heavy (non-hydrogen) atoms. The number of benzene rings is 2. The molecule has 5 rings (SSSR count). The van der Waals surface area contributed by atoms with Crippen LogP contribution < -0.4 is 15.5 Å². The van der Waals surface area contributed by atoms with Crippen molar-refractivity contribution in [2.75, 3.05) is 30.4 Å². The van der Waals surface area contributed by atoms with Gasteiger partial charge in [0.05, 0.1) is 36.2 Å². The van der Waals surface area contributed by atoms with Crippen LogP contribution >= 0.6 is 0 Å². The number of halogens is 1. The molecule has 2 atom stereocenters. The number of imidazole rings is 1. The second-order valence-corrected chi connectivity index (χ2v) is 12.4. The van der Waals surface area contributed by atoms with Crippen LogP contribution in [0.4, 0.5) is 15.8 Å². The summed E-state index contributed by atoms with van der Waals surface area (Å²) in [5, 5.41) is 5.78. The van der Waals surface area contributed by atoms with E-state index < -0.39 is 17.6 Å². The van der Waals surface area contributed by atoms with Crippen molar-refractivity contribution in [3.63, 3.8) is 0 Å². The molecule has 1 unspecified atom stereocenters. The van der Waals surface area contributed by atoms with Gasteiger partial charge in [0.15, 0.2) is 0 Å². The number of hydrogen-bond donors (Lipinski definition) is 3. The normalized spacial score (nSPS) is 17.3. The van der Waals surface area contributed by atoms with Crippen LogP contribution in [0.25, 0.3) is 0 Å². The van der Waals surface area contributed by atoms with Gasteiger partial charge in [0.2, 0.25) is 0 Å². The quantitative estimate of drug-likeness (QED) is 0.195. The van der Waals surface area contributed by atoms with Gasteiger partial charge in [-0.1, -0.05) is 44.5 Å². The van der Waals surface area contributed by atoms with Crippen LogP contribution in [0.15, 0.2) is 42.6 Å². The number of nitrogens with zero attached hydrogens (tertiary/aromatic N) is 2. The second-order valence-electron chi connectivity index (χ2n) is 12.4. The third kappa shape index (κ3) is 9.17. The first kappa shape index (κ1) is 34.7. The minimum Gasteiger partial charge on any atom is -0.469 e. The Morgan fingerprint density at radius 3 is 2.26 bits per heavy atom. The molecule has 248 valence electrons. The largest absolute Gasteiger partial charge is 0.469 e. The second kappa shape index (κ2) is 16.4. The first-order chi connectivity index (χ1) is 22.1. The zero-order valence-electron chi connectivity index (χ0n) is 27.7. The van der Waals surface area contributed by atoms with E-state index in [1.54, 1.807) is 0 Å². The first-order valence-electron chi connectivity index (χ1n) is 16.5. The van der Waals surface area contributed by atoms with E-state index in [0.29, 0.717) is 55.3 Å². The van der Waals surface area contributed by atoms with Crippen LogP contribution in [-0.4, -0.2) is 54.0 Å². The van der Waals surface area contributed by atoms with E-state index in [1.807, 2.05) is 18.7 Å². The highest BCUT2D eigenvalue weighted by Gasteiger charge is 2.30. The summed E-state index contributed by atoms with van der Waals surface area (Å²) in [7, 11) is 1.35. The van der Waals surface area contributed by atoms with Gasteiger partial charge >= 0.3 is 5.97 Å². The topological polar surface area (TPSA) is 116 Å². The predicted octanol–water partition coefficient (Wildman–Crippen LogP) is 7.07. The summed E-state index contributed by atoms with van der Waals surface area (Å²) in [4.78, 5) is 47.7. The predicted molar refractivity (Wildman–Crippen MR) is 179 cm³/mol. The van der Waals surface area contributed by atoms with Crippen LogP contribution in [0.3, 0.4) is 0 Å². The number of amides is 2. The Morgan fingerprint density at radius 2 is 1.67 bits per heavy atom. The van der Waals surface area contributed by atoms with Crippen LogP contribution in [0.5, 0.6) is 0 Å². The highest BCUT2D eigenvalue weighted by atomic mass is 19.1. The van der Waals surface area contributed by atoms with E-state index in [1.165, 1.54) is 36.6 Å². The number of carbonyl (C=O) groups is 3. The third-order valence-electron chi connectivity index (χ3n) is 8.68. The van der Waals surface area contributed by atoms with Crippen LogP contribution in [0.2, 0.25) is 0 Å². The number of rotatable bonds is 11. The molecule has 3 aromatic rings. The molecule has 0 radical (unpaired) electrons. The summed E-state index contributed by atoms with van der Waals surface area (Å²) < 4.78 is 20.3. The molecule has 0 spiro atoms. The van der Waals surface area contributed by atoms with E-state index >= 15 is 4.39 Å². The molecule has 3 N–H and O–H groups in total. The molecule has 0 aliphatic heterocycles. The molecule has 1 heterocycles. The van der Waals surface area contributed by atoms with Gasteiger partial charge in [0.1, 0.15) is 17.3 Å². The van der Waals surface area contributed by atoms with E-state index in [2.05, 4.69) is 58.7 Å². The summed E-state index contributed by atoms with van der Waals surface area (Å²) in [6.07, 6.45) is 7.92. The molecule has 0 saturated heterocycles. The monoisotopic (exact) mass is 633 g/mol. The van der Waals surface area contributed by atoms with Gasteiger partial charge in [0, 0.05) is 31.1 Å². The van der Waals surface area contributed by atoms with Gasteiger partial charge in [0.25, 0.3) is 11.8 Å². The van der Waals surface area contributed by atoms with Crippen LogP contribution in [-0.2, 0) is 9.53 Å². The fourth-order valence-corrected chi connectivity index (χ4v) is 5.82. The summed E-state index contributed by atoms with van der Waals surface area (Å²) in [5.41, 5.74) is 3.80. The van der Waals surface area contributed by atoms with Crippen molar-refractivity contribution in [3.8, 4) is 0 Å². The van der Waals surface area contributed by atoms with Gasteiger partial charge in [-0.3, -0.25) is 14.4 Å². The van der Waals surface area contributed by atoms with E-state index in [4.69, 9.17) is 4.74 Å². The Morgan fingerprint density at radius 1 is 1.00 bits per heavy atom. The molecule has 2 aromatic carbocycles. The summed E-state index contributed by atoms with van der Waals surface area (Å²) in [5.74, 6) is -1.04. The molecular formula is C36H48FN5O4. The molecular weight excluding hydrogens is 585 g/mol. The smallest absolute Gasteiger partial charge is 0.308 e. The van der Waals surface area contributed by atoms with E-state index in [0.717, 1.165) is 37.9 Å². The van der Waals surface area contributed by atoms with Crippen LogP contribution in [0, 0.1) is 25.6 Å². The first-order valence-corrected chi connectivity index (χ1v) is 16.5. The Bertz CT molecular complexity index is 1470. The number of esters is 1. The number of hydrogen-bond acceptors (Lipinski definition) is 6. The lowest BCUT2D eigenvalue weighted by atomic mass is 9.85. The van der Waals surface area contributed by atoms with E-state index in [9.17, 15) is 14.4 Å². The molecule has 1 aromatic heterocycles. The molecule has 10 heteroatoms. The highest BCUT2D eigenvalue weighted by Crippen LogP contribution is 2.38. The van der Waals surface area contributed by atoms with Crippen molar-refractivity contribution in [3.05, 3.63) is 76.6 Å². The van der Waals surface area contributed by atoms with Crippen molar-refractivity contribution in [2.24, 2.45) is 5.92 Å². The number of aromatic amines is 1. The Balaban J connectivity index is 0.000000523. The zero-order valence-corrected chi connectivity index (χ0v) is 27.7. The lowest BCUT2D eigenvalue weighted by Gasteiger charge is -2.29. The Labute approximate surface area is 271 Å². The lowest BCUT2D eigenvalue weighted by molar-refractivity contribution is -0.146. The molecule has 2 saturated carbocycles. The maximum Gasteiger partial charge on any atom is 0.308 e. The summed E-state index contributed by atoms with van der Waals surface area (Å²) in [6.45, 7) is 9.66. The van der Waals surface area contributed by atoms with Gasteiger partial charge in [-0.05, 0) is 76.0 Å². The van der Waals surface area contributed by atoms with Gasteiger partial charge < -0.3 is 25.3 Å². The van der Waals surface area contributed by atoms with Gasteiger partial charge in [-0.15, -0.1) is 0 Å². The fourth-order valence-electron chi connectivity index (χ4n) is 5.82. The Kier molecular flexibility index (Phi) is 12.3. The van der Waals surface area contributed by atoms with Crippen molar-refractivity contribution < 1.29 is 23.5 Å². The maximum atomic E-state index is 15.4. The number of aromatic nitrogens is 2. The average molecular weight is 634 g/mol. The number of nitrogens with one attached hydrogen (secondary N) is 3. The van der Waals surface area contributed by atoms with E-state index in [-0.39, 0.29) is 23.5 Å². The molecule has 2 amide bonds. The summed E-state index contributed by atoms with van der Waals surface area (Å²) in [6, 6.07) is 10.8. The van der Waals surface area contributed by atoms with Crippen molar-refractivity contribution >= 4 is 29.2 Å². The molecule has 2 aliphatic rings.